The fourth-order valence-corrected chi connectivity index (χ4v) is 0. The monoisotopic (exact) mass is 728 g/mol. The summed E-state index contributed by atoms with van der Waals surface area (Å²) >= 11 is 0. The summed E-state index contributed by atoms with van der Waals surface area (Å²) in [6, 6.07) is 0. The maximum Gasteiger partial charge on any atom is 1.00 e. The minimum absolute atomic E-state index is 0. The van der Waals surface area contributed by atoms with Gasteiger partial charge in [-0.05, 0) is 0 Å². The fourth-order valence-electron chi connectivity index (χ4n) is 0. The largest absolute Gasteiger partial charge is 1.00 e. The first-order valence-corrected chi connectivity index (χ1v) is 0.224. The van der Waals surface area contributed by atoms with Crippen molar-refractivity contribution in [2.45, 2.75) is 0 Å². The van der Waals surface area contributed by atoms with Crippen molar-refractivity contribution in [3.63, 3.8) is 0 Å². The van der Waals surface area contributed by atoms with Crippen LogP contribution in [0, 0.1) is 11.8 Å². The third-order valence-electron chi connectivity index (χ3n) is 0. The van der Waals surface area contributed by atoms with E-state index in [1.807, 2.05) is 0 Å². The van der Waals surface area contributed by atoms with Crippen LogP contribution in [0.4, 0.5) is 0 Å². The van der Waals surface area contributed by atoms with Gasteiger partial charge < -0.3 is 108 Å². The van der Waals surface area contributed by atoms with Gasteiger partial charge in [-0.2, -0.15) is 0 Å². The summed E-state index contributed by atoms with van der Waals surface area (Å²) in [7, 11) is 0. The van der Waals surface area contributed by atoms with E-state index in [4.69, 9.17) is 11.8 Å². The Morgan fingerprint density at radius 2 is 0.455 bits per heavy atom. The van der Waals surface area contributed by atoms with Crippen molar-refractivity contribution in [1.82, 2.24) is 0 Å². The molecule has 0 bridgehead atoms. The Balaban J connectivity index is -0.000000000139. The summed E-state index contributed by atoms with van der Waals surface area (Å²) in [4.78, 5) is 0. The van der Waals surface area contributed by atoms with Gasteiger partial charge in [-0.25, -0.2) is 0 Å². The van der Waals surface area contributed by atoms with Gasteiger partial charge in [0.25, 0.3) is 0 Å². The molecule has 0 amide bonds. The third-order valence-corrected chi connectivity index (χ3v) is 0. The van der Waals surface area contributed by atoms with Crippen molar-refractivity contribution in [3.05, 3.63) is 6.57 Å². The predicted octanol–water partition coefficient (Wildman–Crippen LogP) is -26.9. The van der Waals surface area contributed by atoms with Gasteiger partial charge in [0.2, 0.25) is 0 Å². The topological polar surface area (TPSA) is 23.8 Å². The summed E-state index contributed by atoms with van der Waals surface area (Å²) in [5.74, 6) is 0. The molecule has 0 fully saturated rings. The average molecular weight is 729 g/mol. The van der Waals surface area contributed by atoms with Gasteiger partial charge in [0.05, 0.1) is 0 Å². The average Bonchev–Trinajstić information content (AvgIpc) is 1.00. The van der Waals surface area contributed by atoms with Crippen molar-refractivity contribution in [3.8, 4) is 0 Å². The molecule has 0 rings (SSSR count). The zero-order chi connectivity index (χ0) is 2.00. The molecular formula is CI4K5N. The maximum atomic E-state index is 6.25. The molecular weight excluding hydrogens is 729 g/mol. The molecule has 0 unspecified atom stereocenters. The van der Waals surface area contributed by atoms with Crippen molar-refractivity contribution < 1.29 is 353 Å². The Kier molecular flexibility index (Phi) is 436. The van der Waals surface area contributed by atoms with Crippen LogP contribution in [0.2, 0.25) is 0 Å². The molecule has 0 radical (unpaired) electrons. The molecule has 1 nitrogen and oxygen atoms in total. The molecule has 42 valence electrons. The molecule has 0 saturated heterocycles. The van der Waals surface area contributed by atoms with E-state index in [1.165, 1.54) is 0 Å². The molecule has 0 aromatic carbocycles. The predicted molar refractivity (Wildman–Crippen MR) is 4.97 cm³/mol. The van der Waals surface area contributed by atoms with Crippen molar-refractivity contribution >= 4 is 0 Å². The molecule has 0 heterocycles. The summed E-state index contributed by atoms with van der Waals surface area (Å²) in [6.45, 7) is 4.75. The van der Waals surface area contributed by atoms with Gasteiger partial charge in [-0.15, -0.1) is 0 Å². The van der Waals surface area contributed by atoms with E-state index in [0.717, 1.165) is 0 Å². The molecule has 0 aliphatic carbocycles. The zero-order valence-corrected chi connectivity index (χ0v) is 31.7. The van der Waals surface area contributed by atoms with Gasteiger partial charge in [0.1, 0.15) is 0 Å². The first-order chi connectivity index (χ1) is 1.00. The molecule has 0 aromatic rings. The SMILES string of the molecule is [C-]#N.[I-].[I-].[I-].[I-].[K+].[K+].[K+].[K+].[K+]. The standard InChI is InChI=1S/CN.4HI.5K/c1-2;;;;;;;;;/h;4*1H;;;;;/q-1;;;;;5*+1/p-4. The Morgan fingerprint density at radius 3 is 0.455 bits per heavy atom. The van der Waals surface area contributed by atoms with Crippen LogP contribution >= 0.6 is 0 Å². The van der Waals surface area contributed by atoms with Crippen LogP contribution in [0.15, 0.2) is 0 Å². The van der Waals surface area contributed by atoms with E-state index in [1.54, 1.807) is 0 Å². The molecule has 0 spiro atoms. The molecule has 0 aliphatic rings. The quantitative estimate of drug-likeness (QED) is 0.138. The number of hydrogen-bond donors (Lipinski definition) is 0. The van der Waals surface area contributed by atoms with Crippen LogP contribution in [0.3, 0.4) is 0 Å². The van der Waals surface area contributed by atoms with E-state index >= 15 is 0 Å². The van der Waals surface area contributed by atoms with E-state index in [0.29, 0.717) is 0 Å². The summed E-state index contributed by atoms with van der Waals surface area (Å²) in [6.07, 6.45) is 0. The fraction of sp³-hybridized carbons (Fsp3) is 0. The number of nitrogens with zero attached hydrogens (tertiary/aromatic N) is 1. The second-order valence-corrected chi connectivity index (χ2v) is 0. The second kappa shape index (κ2) is 70.5. The van der Waals surface area contributed by atoms with E-state index in [9.17, 15) is 0 Å². The normalized spacial score (nSPS) is 0.182. The Bertz CT molecular complexity index is 23.2. The zero-order valence-electron chi connectivity index (χ0n) is 7.46. The Morgan fingerprint density at radius 1 is 0.455 bits per heavy atom. The molecule has 11 heavy (non-hydrogen) atoms. The molecule has 0 atom stereocenters. The Hall–Kier alpha value is 10.6. The van der Waals surface area contributed by atoms with Crippen LogP contribution in [0.5, 0.6) is 0 Å². The molecule has 10 heteroatoms. The van der Waals surface area contributed by atoms with Gasteiger partial charge in [0, 0.05) is 0 Å². The summed E-state index contributed by atoms with van der Waals surface area (Å²) < 4.78 is 0. The van der Waals surface area contributed by atoms with Crippen molar-refractivity contribution in [2.24, 2.45) is 0 Å². The summed E-state index contributed by atoms with van der Waals surface area (Å²) in [5, 5.41) is 6.25. The minimum atomic E-state index is 0. The smallest absolute Gasteiger partial charge is 1.00 e. The van der Waals surface area contributed by atoms with E-state index in [-0.39, 0.29) is 353 Å². The van der Waals surface area contributed by atoms with E-state index < -0.39 is 0 Å². The number of hydrogen-bond acceptors (Lipinski definition) is 1. The van der Waals surface area contributed by atoms with Gasteiger partial charge in [-0.1, -0.05) is 0 Å². The first-order valence-electron chi connectivity index (χ1n) is 0.224. The molecule has 0 N–H and O–H groups in total. The number of rotatable bonds is 0. The van der Waals surface area contributed by atoms with Crippen LogP contribution in [0.25, 0.3) is 0 Å². The van der Waals surface area contributed by atoms with Gasteiger partial charge in [-0.3, -0.25) is 0 Å². The first kappa shape index (κ1) is 68.1. The Labute approximate surface area is 350 Å². The molecule has 0 aromatic heterocycles. The van der Waals surface area contributed by atoms with Crippen molar-refractivity contribution in [1.29, 1.82) is 5.26 Å². The van der Waals surface area contributed by atoms with Crippen LogP contribution in [-0.4, -0.2) is 0 Å². The van der Waals surface area contributed by atoms with Crippen molar-refractivity contribution in [2.75, 3.05) is 0 Å². The molecule has 0 aliphatic heterocycles. The summed E-state index contributed by atoms with van der Waals surface area (Å²) in [5.41, 5.74) is 0. The molecule has 0 saturated carbocycles. The third kappa shape index (κ3) is 63.4. The van der Waals surface area contributed by atoms with Crippen LogP contribution in [0.1, 0.15) is 0 Å². The van der Waals surface area contributed by atoms with Gasteiger partial charge in [0.15, 0.2) is 0 Å². The van der Waals surface area contributed by atoms with Crippen LogP contribution < -0.4 is 353 Å². The maximum absolute atomic E-state index is 6.25. The van der Waals surface area contributed by atoms with E-state index in [2.05, 4.69) is 0 Å². The minimum Gasteiger partial charge on any atom is -1.00 e. The number of halogens is 4. The second-order valence-electron chi connectivity index (χ2n) is 0. The van der Waals surface area contributed by atoms with Crippen LogP contribution in [-0.2, 0) is 0 Å². The van der Waals surface area contributed by atoms with Gasteiger partial charge >= 0.3 is 257 Å².